The SMILES string of the molecule is O=C(O)[AsH][AsH]C1(O)OO1. The number of hydrogen-bond acceptors (Lipinski definition) is 4. The standard InChI is InChI=1S/C2H4As2O5/c5-1(6)3-4-2(7)8-9-2/h3-4,7H,(H,5,6). The maximum absolute atomic E-state index is 9.94. The van der Waals surface area contributed by atoms with E-state index >= 15 is 0 Å². The van der Waals surface area contributed by atoms with Crippen molar-refractivity contribution in [1.82, 2.24) is 0 Å². The molecule has 9 heavy (non-hydrogen) atoms. The van der Waals surface area contributed by atoms with Gasteiger partial charge in [-0.25, -0.2) is 0 Å². The van der Waals surface area contributed by atoms with Gasteiger partial charge >= 0.3 is 61.7 Å². The molecule has 0 aromatic heterocycles. The van der Waals surface area contributed by atoms with Gasteiger partial charge in [-0.05, 0) is 0 Å². The van der Waals surface area contributed by atoms with Crippen LogP contribution in [0.25, 0.3) is 0 Å². The molecule has 7 heteroatoms. The van der Waals surface area contributed by atoms with Crippen molar-refractivity contribution in [2.75, 3.05) is 0 Å². The van der Waals surface area contributed by atoms with Crippen LogP contribution in [0.15, 0.2) is 0 Å². The maximum atomic E-state index is 9.94. The minimum absolute atomic E-state index is 0.803. The molecule has 0 spiro atoms. The molecule has 0 aliphatic carbocycles. The summed E-state index contributed by atoms with van der Waals surface area (Å²) in [4.78, 5) is 18.2. The van der Waals surface area contributed by atoms with E-state index in [0.717, 1.165) is 0 Å². The van der Waals surface area contributed by atoms with Gasteiger partial charge in [0, 0.05) is 0 Å². The van der Waals surface area contributed by atoms with Gasteiger partial charge in [0.05, 0.1) is 0 Å². The molecule has 0 aromatic rings. The molecule has 0 saturated carbocycles. The molecule has 1 aliphatic heterocycles. The zero-order valence-corrected chi connectivity index (χ0v) is 8.32. The van der Waals surface area contributed by atoms with Crippen molar-refractivity contribution in [2.24, 2.45) is 0 Å². The van der Waals surface area contributed by atoms with Crippen LogP contribution in [0, 0.1) is 0 Å². The van der Waals surface area contributed by atoms with Crippen molar-refractivity contribution in [3.8, 4) is 0 Å². The summed E-state index contributed by atoms with van der Waals surface area (Å²) in [5.74, 6) is 0. The molecule has 1 heterocycles. The number of hydrogen-bond donors (Lipinski definition) is 2. The fourth-order valence-corrected chi connectivity index (χ4v) is 4.83. The fourth-order valence-electron chi connectivity index (χ4n) is 0.214. The third-order valence-corrected chi connectivity index (χ3v) is 9.43. The first-order valence-corrected chi connectivity index (χ1v) is 10.6. The summed E-state index contributed by atoms with van der Waals surface area (Å²) in [6, 6.07) is 0. The number of carbonyl (C=O) groups is 1. The summed E-state index contributed by atoms with van der Waals surface area (Å²) in [5, 5.41) is 16.9. The van der Waals surface area contributed by atoms with Crippen molar-refractivity contribution in [3.63, 3.8) is 0 Å². The van der Waals surface area contributed by atoms with E-state index in [1.165, 1.54) is 0 Å². The molecule has 2 atom stereocenters. The third kappa shape index (κ3) is 2.69. The van der Waals surface area contributed by atoms with Gasteiger partial charge in [0.15, 0.2) is 0 Å². The fraction of sp³-hybridized carbons (Fsp3) is 0.500. The van der Waals surface area contributed by atoms with E-state index in [2.05, 4.69) is 9.78 Å². The molecule has 0 amide bonds. The van der Waals surface area contributed by atoms with E-state index in [1.54, 1.807) is 0 Å². The Hall–Kier alpha value is 0.467. The molecule has 1 fully saturated rings. The Morgan fingerprint density at radius 2 is 2.11 bits per heavy atom. The van der Waals surface area contributed by atoms with Crippen LogP contribution in [0.2, 0.25) is 0 Å². The van der Waals surface area contributed by atoms with Crippen LogP contribution in [0.3, 0.4) is 0 Å². The second kappa shape index (κ2) is 2.60. The zero-order valence-electron chi connectivity index (χ0n) is 4.12. The number of carboxylic acid groups (broad SMARTS) is 1. The Kier molecular flexibility index (Phi) is 2.19. The molecular weight excluding hydrogens is 254 g/mol. The van der Waals surface area contributed by atoms with Crippen molar-refractivity contribution in [2.45, 2.75) is 4.76 Å². The van der Waals surface area contributed by atoms with Gasteiger partial charge in [0.2, 0.25) is 0 Å². The summed E-state index contributed by atoms with van der Waals surface area (Å²) in [5.41, 5.74) is 0. The molecule has 1 rings (SSSR count). The number of rotatable bonds is 3. The molecule has 5 nitrogen and oxygen atoms in total. The molecule has 2 N–H and O–H groups in total. The van der Waals surface area contributed by atoms with E-state index in [9.17, 15) is 4.79 Å². The van der Waals surface area contributed by atoms with Gasteiger partial charge in [-0.15, -0.1) is 0 Å². The average molecular weight is 258 g/mol. The van der Waals surface area contributed by atoms with Crippen LogP contribution < -0.4 is 0 Å². The summed E-state index contributed by atoms with van der Waals surface area (Å²) >= 11 is -1.98. The monoisotopic (exact) mass is 258 g/mol. The van der Waals surface area contributed by atoms with E-state index < -0.39 is 36.9 Å². The Morgan fingerprint density at radius 3 is 2.44 bits per heavy atom. The summed E-state index contributed by atoms with van der Waals surface area (Å²) in [6.07, 6.45) is 0. The first kappa shape index (κ1) is 7.57. The molecule has 1 saturated heterocycles. The molecule has 1 aliphatic rings. The van der Waals surface area contributed by atoms with Gasteiger partial charge in [-0.3, -0.25) is 0 Å². The summed E-state index contributed by atoms with van der Waals surface area (Å²) in [7, 11) is 0. The van der Waals surface area contributed by atoms with Crippen LogP contribution in [0.5, 0.6) is 0 Å². The molecule has 2 unspecified atom stereocenters. The van der Waals surface area contributed by atoms with Crippen LogP contribution in [-0.2, 0) is 9.78 Å². The Morgan fingerprint density at radius 1 is 1.56 bits per heavy atom. The van der Waals surface area contributed by atoms with Crippen LogP contribution in [0.1, 0.15) is 0 Å². The summed E-state index contributed by atoms with van der Waals surface area (Å²) in [6.45, 7) is 0. The summed E-state index contributed by atoms with van der Waals surface area (Å²) < 4.78 is -2.22. The minimum atomic E-state index is -1.42. The van der Waals surface area contributed by atoms with E-state index in [1.807, 2.05) is 0 Å². The molecular formula is C2H4As2O5. The van der Waals surface area contributed by atoms with Crippen LogP contribution in [-0.4, -0.2) is 47.1 Å². The first-order valence-electron chi connectivity index (χ1n) is 1.98. The predicted molar refractivity (Wildman–Crippen MR) is 29.4 cm³/mol. The Balaban J connectivity index is 2.12. The van der Waals surface area contributed by atoms with Crippen molar-refractivity contribution < 1.29 is 24.8 Å². The van der Waals surface area contributed by atoms with Gasteiger partial charge in [-0.2, -0.15) is 0 Å². The van der Waals surface area contributed by atoms with Crippen molar-refractivity contribution >= 4 is 32.1 Å². The quantitative estimate of drug-likeness (QED) is 0.348. The topological polar surface area (TPSA) is 82.6 Å². The molecule has 0 aromatic carbocycles. The van der Waals surface area contributed by atoms with E-state index in [-0.39, 0.29) is 0 Å². The predicted octanol–water partition coefficient (Wildman–Crippen LogP) is -1.98. The van der Waals surface area contributed by atoms with E-state index in [4.69, 9.17) is 10.2 Å². The normalized spacial score (nSPS) is 24.1. The van der Waals surface area contributed by atoms with Crippen molar-refractivity contribution in [1.29, 1.82) is 0 Å². The van der Waals surface area contributed by atoms with Gasteiger partial charge < -0.3 is 0 Å². The van der Waals surface area contributed by atoms with Crippen LogP contribution in [0.4, 0.5) is 4.79 Å². The zero-order chi connectivity index (χ0) is 6.91. The first-order chi connectivity index (χ1) is 4.12. The second-order valence-electron chi connectivity index (χ2n) is 1.30. The van der Waals surface area contributed by atoms with Crippen molar-refractivity contribution in [3.05, 3.63) is 0 Å². The van der Waals surface area contributed by atoms with Crippen LogP contribution >= 0.6 is 0 Å². The molecule has 52 valence electrons. The molecule has 0 bridgehead atoms. The molecule has 0 radical (unpaired) electrons. The van der Waals surface area contributed by atoms with Gasteiger partial charge in [0.1, 0.15) is 0 Å². The Bertz CT molecular complexity index is 131. The third-order valence-electron chi connectivity index (χ3n) is 0.569. The Labute approximate surface area is 61.9 Å². The number of aliphatic hydroxyl groups is 1. The average Bonchev–Trinajstić information content (AvgIpc) is 2.45. The van der Waals surface area contributed by atoms with Gasteiger partial charge in [0.25, 0.3) is 0 Å². The van der Waals surface area contributed by atoms with E-state index in [0.29, 0.717) is 0 Å². The van der Waals surface area contributed by atoms with Gasteiger partial charge in [-0.1, -0.05) is 0 Å². The second-order valence-corrected chi connectivity index (χ2v) is 10.0.